The molecule has 0 saturated carbocycles. The first-order chi connectivity index (χ1) is 16.7. The molecule has 4 N–H and O–H groups in total. The van der Waals surface area contributed by atoms with Crippen molar-refractivity contribution in [3.63, 3.8) is 0 Å². The quantitative estimate of drug-likeness (QED) is 0.316. The van der Waals surface area contributed by atoms with Gasteiger partial charge in [0.25, 0.3) is 0 Å². The van der Waals surface area contributed by atoms with Gasteiger partial charge in [-0.2, -0.15) is 0 Å². The molecule has 5 aromatic rings. The van der Waals surface area contributed by atoms with Gasteiger partial charge in [-0.15, -0.1) is 11.8 Å². The number of fused-ring (bicyclic) bond motifs is 2. The summed E-state index contributed by atoms with van der Waals surface area (Å²) in [6.45, 7) is 4.51. The predicted octanol–water partition coefficient (Wildman–Crippen LogP) is 4.91. The molecule has 0 amide bonds. The number of nitrogen functional groups attached to an aromatic ring is 1. The van der Waals surface area contributed by atoms with Gasteiger partial charge in [-0.1, -0.05) is 18.2 Å². The molecular weight excluding hydrogens is 444 g/mol. The molecule has 3 aromatic heterocycles. The van der Waals surface area contributed by atoms with Crippen LogP contribution in [0.5, 0.6) is 0 Å². The van der Waals surface area contributed by atoms with Gasteiger partial charge in [0, 0.05) is 52.3 Å². The molecule has 0 atom stereocenters. The van der Waals surface area contributed by atoms with Gasteiger partial charge in [0.15, 0.2) is 5.65 Å². The molecule has 4 heterocycles. The summed E-state index contributed by atoms with van der Waals surface area (Å²) in [7, 11) is 0. The number of ether oxygens (including phenoxy) is 1. The van der Waals surface area contributed by atoms with Crippen molar-refractivity contribution in [1.82, 2.24) is 24.8 Å². The van der Waals surface area contributed by atoms with Crippen LogP contribution in [0.2, 0.25) is 0 Å². The number of nitrogens with two attached hydrogens (primary N) is 1. The number of anilines is 1. The first-order valence-electron chi connectivity index (χ1n) is 11.4. The van der Waals surface area contributed by atoms with Crippen molar-refractivity contribution in [2.24, 2.45) is 0 Å². The Hall–Kier alpha value is -3.33. The fourth-order valence-electron chi connectivity index (χ4n) is 4.55. The highest BCUT2D eigenvalue weighted by Crippen LogP contribution is 2.32. The van der Waals surface area contributed by atoms with Crippen LogP contribution in [0.1, 0.15) is 5.56 Å². The highest BCUT2D eigenvalue weighted by molar-refractivity contribution is 7.98. The minimum atomic E-state index is 0.449. The van der Waals surface area contributed by atoms with Crippen LogP contribution in [-0.2, 0) is 11.3 Å². The fourth-order valence-corrected chi connectivity index (χ4v) is 4.96. The van der Waals surface area contributed by atoms with Crippen LogP contribution >= 0.6 is 11.8 Å². The van der Waals surface area contributed by atoms with Crippen LogP contribution in [0.25, 0.3) is 44.7 Å². The first-order valence-corrected chi connectivity index (χ1v) is 12.6. The number of morpholine rings is 1. The minimum absolute atomic E-state index is 0.449. The van der Waals surface area contributed by atoms with E-state index < -0.39 is 0 Å². The highest BCUT2D eigenvalue weighted by Gasteiger charge is 2.16. The van der Waals surface area contributed by atoms with Crippen LogP contribution in [0.4, 0.5) is 5.82 Å². The van der Waals surface area contributed by atoms with E-state index >= 15 is 0 Å². The van der Waals surface area contributed by atoms with E-state index in [0.717, 1.165) is 66.5 Å². The SMILES string of the molecule is CSc1ccc(-c2nc3nc(N)cc(-c4cc5cc(CN6CCOCC6)ccc5[nH]4)c3[nH]2)cc1. The van der Waals surface area contributed by atoms with E-state index in [1.807, 2.05) is 6.07 Å². The molecule has 172 valence electrons. The van der Waals surface area contributed by atoms with E-state index in [2.05, 4.69) is 74.6 Å². The average Bonchev–Trinajstić information content (AvgIpc) is 3.48. The zero-order valence-electron chi connectivity index (χ0n) is 19.0. The van der Waals surface area contributed by atoms with E-state index in [4.69, 9.17) is 15.5 Å². The van der Waals surface area contributed by atoms with Crippen molar-refractivity contribution in [3.8, 4) is 22.6 Å². The smallest absolute Gasteiger partial charge is 0.180 e. The van der Waals surface area contributed by atoms with Crippen LogP contribution in [0.3, 0.4) is 0 Å². The Kier molecular flexibility index (Phi) is 5.49. The normalized spacial score (nSPS) is 14.9. The Morgan fingerprint density at radius 1 is 1.00 bits per heavy atom. The lowest BCUT2D eigenvalue weighted by Crippen LogP contribution is -2.35. The standard InChI is InChI=1S/C26H26N6OS/c1-34-19-5-3-17(4-6-19)25-30-24-20(14-23(27)29-26(24)31-25)22-13-18-12-16(2-7-21(18)28-22)15-32-8-10-33-11-9-32/h2-7,12-14,28H,8-11,15H2,1H3,(H3,27,29,30,31). The molecule has 1 saturated heterocycles. The molecule has 0 unspecified atom stereocenters. The maximum absolute atomic E-state index is 6.17. The summed E-state index contributed by atoms with van der Waals surface area (Å²) >= 11 is 1.72. The molecule has 1 aliphatic heterocycles. The number of H-pyrrole nitrogens is 2. The fraction of sp³-hybridized carbons (Fsp3) is 0.231. The molecular formula is C26H26N6OS. The summed E-state index contributed by atoms with van der Waals surface area (Å²) in [5.41, 5.74) is 13.0. The lowest BCUT2D eigenvalue weighted by atomic mass is 10.1. The number of nitrogens with zero attached hydrogens (tertiary/aromatic N) is 3. The van der Waals surface area contributed by atoms with Gasteiger partial charge in [0.05, 0.1) is 18.7 Å². The number of aromatic nitrogens is 4. The summed E-state index contributed by atoms with van der Waals surface area (Å²) in [5, 5.41) is 1.18. The highest BCUT2D eigenvalue weighted by atomic mass is 32.2. The van der Waals surface area contributed by atoms with Crippen molar-refractivity contribution in [2.45, 2.75) is 11.4 Å². The van der Waals surface area contributed by atoms with E-state index in [9.17, 15) is 0 Å². The Morgan fingerprint density at radius 2 is 1.82 bits per heavy atom. The second kappa shape index (κ2) is 8.79. The topological polar surface area (TPSA) is 95.8 Å². The maximum atomic E-state index is 6.17. The summed E-state index contributed by atoms with van der Waals surface area (Å²) in [5.74, 6) is 1.23. The maximum Gasteiger partial charge on any atom is 0.180 e. The molecule has 34 heavy (non-hydrogen) atoms. The third-order valence-corrected chi connectivity index (χ3v) is 7.07. The lowest BCUT2D eigenvalue weighted by Gasteiger charge is -2.26. The number of nitrogens with one attached hydrogen (secondary N) is 2. The largest absolute Gasteiger partial charge is 0.384 e. The molecule has 1 aliphatic rings. The first kappa shape index (κ1) is 21.2. The molecule has 6 rings (SSSR count). The molecule has 7 nitrogen and oxygen atoms in total. The van der Waals surface area contributed by atoms with E-state index in [-0.39, 0.29) is 0 Å². The number of imidazole rings is 1. The Morgan fingerprint density at radius 3 is 2.62 bits per heavy atom. The summed E-state index contributed by atoms with van der Waals surface area (Å²) in [6.07, 6.45) is 2.07. The summed E-state index contributed by atoms with van der Waals surface area (Å²) < 4.78 is 5.47. The summed E-state index contributed by atoms with van der Waals surface area (Å²) in [4.78, 5) is 19.9. The molecule has 0 bridgehead atoms. The average molecular weight is 471 g/mol. The molecule has 0 spiro atoms. The van der Waals surface area contributed by atoms with Gasteiger partial charge in [-0.05, 0) is 48.2 Å². The van der Waals surface area contributed by atoms with Crippen molar-refractivity contribution in [3.05, 3.63) is 60.2 Å². The van der Waals surface area contributed by atoms with Crippen molar-refractivity contribution in [2.75, 3.05) is 38.3 Å². The predicted molar refractivity (Wildman–Crippen MR) is 139 cm³/mol. The third kappa shape index (κ3) is 4.04. The van der Waals surface area contributed by atoms with Gasteiger partial charge in [0.2, 0.25) is 0 Å². The molecule has 0 aliphatic carbocycles. The minimum Gasteiger partial charge on any atom is -0.384 e. The van der Waals surface area contributed by atoms with Crippen LogP contribution in [0, 0.1) is 0 Å². The molecule has 0 radical (unpaired) electrons. The second-order valence-electron chi connectivity index (χ2n) is 8.60. The Balaban J connectivity index is 1.37. The molecule has 2 aromatic carbocycles. The van der Waals surface area contributed by atoms with Crippen molar-refractivity contribution >= 4 is 39.6 Å². The Bertz CT molecular complexity index is 1470. The van der Waals surface area contributed by atoms with E-state index in [0.29, 0.717) is 11.5 Å². The van der Waals surface area contributed by atoms with Crippen molar-refractivity contribution < 1.29 is 4.74 Å². The number of hydrogen-bond donors (Lipinski definition) is 3. The molecule has 1 fully saturated rings. The number of aromatic amines is 2. The monoisotopic (exact) mass is 470 g/mol. The summed E-state index contributed by atoms with van der Waals surface area (Å²) in [6, 6.07) is 19.0. The number of hydrogen-bond acceptors (Lipinski definition) is 6. The van der Waals surface area contributed by atoms with Crippen LogP contribution < -0.4 is 5.73 Å². The zero-order chi connectivity index (χ0) is 23.1. The second-order valence-corrected chi connectivity index (χ2v) is 9.48. The van der Waals surface area contributed by atoms with E-state index in [1.54, 1.807) is 11.8 Å². The van der Waals surface area contributed by atoms with Gasteiger partial charge in [-0.3, -0.25) is 4.90 Å². The van der Waals surface area contributed by atoms with Gasteiger partial charge in [0.1, 0.15) is 11.6 Å². The van der Waals surface area contributed by atoms with Gasteiger partial charge < -0.3 is 20.4 Å². The van der Waals surface area contributed by atoms with Crippen molar-refractivity contribution in [1.29, 1.82) is 0 Å². The van der Waals surface area contributed by atoms with E-state index in [1.165, 1.54) is 15.8 Å². The number of benzene rings is 2. The molecule has 8 heteroatoms. The number of thioether (sulfide) groups is 1. The van der Waals surface area contributed by atoms with Gasteiger partial charge >= 0.3 is 0 Å². The zero-order valence-corrected chi connectivity index (χ0v) is 19.8. The third-order valence-electron chi connectivity index (χ3n) is 6.33. The number of rotatable bonds is 5. The number of pyridine rings is 1. The Labute approximate surface area is 201 Å². The lowest BCUT2D eigenvalue weighted by molar-refractivity contribution is 0.0342. The van der Waals surface area contributed by atoms with Crippen LogP contribution in [0.15, 0.2) is 59.5 Å². The van der Waals surface area contributed by atoms with Gasteiger partial charge in [-0.25, -0.2) is 9.97 Å². The van der Waals surface area contributed by atoms with Crippen LogP contribution in [-0.4, -0.2) is 57.4 Å².